The molecule has 0 aromatic carbocycles. The fourth-order valence-corrected chi connectivity index (χ4v) is 2.95. The molecule has 0 unspecified atom stereocenters. The molecule has 0 saturated heterocycles. The Morgan fingerprint density at radius 1 is 1.50 bits per heavy atom. The monoisotopic (exact) mass is 268 g/mol. The number of H-pyrrole nitrogens is 1. The van der Waals surface area contributed by atoms with Gasteiger partial charge in [0, 0.05) is 13.0 Å². The van der Waals surface area contributed by atoms with Crippen molar-refractivity contribution in [3.05, 3.63) is 5.82 Å². The second-order valence-corrected chi connectivity index (χ2v) is 5.60. The zero-order chi connectivity index (χ0) is 12.8. The van der Waals surface area contributed by atoms with E-state index in [1.807, 2.05) is 6.92 Å². The highest BCUT2D eigenvalue weighted by Gasteiger charge is 2.17. The van der Waals surface area contributed by atoms with Gasteiger partial charge in [-0.05, 0) is 12.8 Å². The lowest BCUT2D eigenvalue weighted by molar-refractivity contribution is -0.118. The van der Waals surface area contributed by atoms with Crippen molar-refractivity contribution in [3.63, 3.8) is 0 Å². The summed E-state index contributed by atoms with van der Waals surface area (Å²) in [5.74, 6) is 2.14. The van der Waals surface area contributed by atoms with Crippen LogP contribution in [0.3, 0.4) is 0 Å². The maximum Gasteiger partial charge on any atom is 0.230 e. The van der Waals surface area contributed by atoms with Gasteiger partial charge < -0.3 is 5.32 Å². The van der Waals surface area contributed by atoms with Gasteiger partial charge in [-0.3, -0.25) is 9.89 Å². The number of carbonyl (C=O) groups is 1. The van der Waals surface area contributed by atoms with Gasteiger partial charge in [-0.2, -0.15) is 0 Å². The minimum atomic E-state index is 0.0321. The van der Waals surface area contributed by atoms with Crippen molar-refractivity contribution in [2.24, 2.45) is 5.92 Å². The first-order chi connectivity index (χ1) is 8.78. The molecule has 1 aromatic heterocycles. The van der Waals surface area contributed by atoms with Crippen molar-refractivity contribution in [2.75, 3.05) is 12.3 Å². The number of hydrogen-bond donors (Lipinski definition) is 2. The third kappa shape index (κ3) is 4.01. The van der Waals surface area contributed by atoms with Crippen molar-refractivity contribution in [1.29, 1.82) is 0 Å². The summed E-state index contributed by atoms with van der Waals surface area (Å²) in [5, 5.41) is 10.5. The minimum Gasteiger partial charge on any atom is -0.356 e. The number of carbonyl (C=O) groups excluding carboxylic acids is 1. The Balaban J connectivity index is 1.76. The van der Waals surface area contributed by atoms with E-state index in [-0.39, 0.29) is 5.91 Å². The molecule has 0 radical (unpaired) electrons. The van der Waals surface area contributed by atoms with Crippen molar-refractivity contribution in [2.45, 2.75) is 44.2 Å². The summed E-state index contributed by atoms with van der Waals surface area (Å²) in [6.07, 6.45) is 6.30. The summed E-state index contributed by atoms with van der Waals surface area (Å²) in [5.41, 5.74) is 0. The quantitative estimate of drug-likeness (QED) is 0.771. The van der Waals surface area contributed by atoms with E-state index in [2.05, 4.69) is 20.5 Å². The summed E-state index contributed by atoms with van der Waals surface area (Å²) in [6, 6.07) is 0. The topological polar surface area (TPSA) is 70.7 Å². The van der Waals surface area contributed by atoms with Gasteiger partial charge in [0.05, 0.1) is 5.75 Å². The van der Waals surface area contributed by atoms with E-state index < -0.39 is 0 Å². The van der Waals surface area contributed by atoms with Crippen LogP contribution >= 0.6 is 11.8 Å². The molecule has 1 heterocycles. The molecule has 1 aliphatic rings. The summed E-state index contributed by atoms with van der Waals surface area (Å²) < 4.78 is 0. The third-order valence-electron chi connectivity index (χ3n) is 3.17. The number of aromatic nitrogens is 3. The van der Waals surface area contributed by atoms with E-state index in [4.69, 9.17) is 0 Å². The molecule has 0 bridgehead atoms. The molecule has 2 rings (SSSR count). The largest absolute Gasteiger partial charge is 0.356 e. The minimum absolute atomic E-state index is 0.0321. The smallest absolute Gasteiger partial charge is 0.230 e. The van der Waals surface area contributed by atoms with Crippen LogP contribution in [-0.2, 0) is 11.2 Å². The second-order valence-electron chi connectivity index (χ2n) is 4.66. The van der Waals surface area contributed by atoms with Gasteiger partial charge in [0.25, 0.3) is 0 Å². The van der Waals surface area contributed by atoms with E-state index in [9.17, 15) is 4.79 Å². The number of nitrogens with zero attached hydrogens (tertiary/aromatic N) is 2. The maximum absolute atomic E-state index is 11.3. The number of amides is 1. The zero-order valence-corrected chi connectivity index (χ0v) is 11.6. The molecule has 1 fully saturated rings. The summed E-state index contributed by atoms with van der Waals surface area (Å²) >= 11 is 1.38. The van der Waals surface area contributed by atoms with Gasteiger partial charge in [0.15, 0.2) is 0 Å². The summed E-state index contributed by atoms with van der Waals surface area (Å²) in [6.45, 7) is 2.58. The van der Waals surface area contributed by atoms with Crippen molar-refractivity contribution in [1.82, 2.24) is 20.5 Å². The average molecular weight is 268 g/mol. The van der Waals surface area contributed by atoms with Gasteiger partial charge in [0.2, 0.25) is 11.1 Å². The van der Waals surface area contributed by atoms with Crippen LogP contribution in [0.2, 0.25) is 0 Å². The SMILES string of the molecule is CCNC(=O)CSc1n[nH]c(CC2CCCC2)n1. The molecular weight excluding hydrogens is 248 g/mol. The molecule has 6 heteroatoms. The van der Waals surface area contributed by atoms with Crippen LogP contribution in [-0.4, -0.2) is 33.4 Å². The number of nitrogens with one attached hydrogen (secondary N) is 2. The molecule has 0 atom stereocenters. The Morgan fingerprint density at radius 2 is 2.28 bits per heavy atom. The summed E-state index contributed by atoms with van der Waals surface area (Å²) in [4.78, 5) is 15.7. The number of hydrogen-bond acceptors (Lipinski definition) is 4. The fraction of sp³-hybridized carbons (Fsp3) is 0.750. The van der Waals surface area contributed by atoms with E-state index in [1.165, 1.54) is 37.4 Å². The molecule has 0 spiro atoms. The number of thioether (sulfide) groups is 1. The highest BCUT2D eigenvalue weighted by atomic mass is 32.2. The van der Waals surface area contributed by atoms with Crippen LogP contribution in [0.4, 0.5) is 0 Å². The predicted molar refractivity (Wildman–Crippen MR) is 71.5 cm³/mol. The molecule has 18 heavy (non-hydrogen) atoms. The number of aromatic amines is 1. The molecule has 100 valence electrons. The first-order valence-corrected chi connectivity index (χ1v) is 7.57. The zero-order valence-electron chi connectivity index (χ0n) is 10.7. The van der Waals surface area contributed by atoms with E-state index in [0.717, 1.165) is 18.2 Å². The summed E-state index contributed by atoms with van der Waals surface area (Å²) in [7, 11) is 0. The lowest BCUT2D eigenvalue weighted by atomic mass is 10.0. The van der Waals surface area contributed by atoms with Gasteiger partial charge in [0.1, 0.15) is 5.82 Å². The van der Waals surface area contributed by atoms with E-state index in [0.29, 0.717) is 17.5 Å². The molecule has 1 aromatic rings. The van der Waals surface area contributed by atoms with Crippen LogP contribution in [0.1, 0.15) is 38.4 Å². The van der Waals surface area contributed by atoms with Gasteiger partial charge in [-0.1, -0.05) is 37.4 Å². The van der Waals surface area contributed by atoms with Crippen molar-refractivity contribution >= 4 is 17.7 Å². The molecule has 0 aliphatic heterocycles. The molecule has 1 saturated carbocycles. The van der Waals surface area contributed by atoms with Crippen LogP contribution in [0, 0.1) is 5.92 Å². The van der Waals surface area contributed by atoms with Crippen LogP contribution in [0.25, 0.3) is 0 Å². The lowest BCUT2D eigenvalue weighted by Crippen LogP contribution is -2.24. The first kappa shape index (κ1) is 13.4. The molecule has 5 nitrogen and oxygen atoms in total. The van der Waals surface area contributed by atoms with Crippen LogP contribution in [0.5, 0.6) is 0 Å². The van der Waals surface area contributed by atoms with E-state index in [1.54, 1.807) is 0 Å². The van der Waals surface area contributed by atoms with Crippen LogP contribution < -0.4 is 5.32 Å². The maximum atomic E-state index is 11.3. The Morgan fingerprint density at radius 3 is 3.00 bits per heavy atom. The molecule has 1 aliphatic carbocycles. The fourth-order valence-electron chi connectivity index (χ4n) is 2.30. The standard InChI is InChI=1S/C12H20N4OS/c1-2-13-11(17)8-18-12-14-10(15-16-12)7-9-5-3-4-6-9/h9H,2-8H2,1H3,(H,13,17)(H,14,15,16). The van der Waals surface area contributed by atoms with Gasteiger partial charge >= 0.3 is 0 Å². The highest BCUT2D eigenvalue weighted by molar-refractivity contribution is 7.99. The first-order valence-electron chi connectivity index (χ1n) is 6.58. The molecular formula is C12H20N4OS. The average Bonchev–Trinajstić information content (AvgIpc) is 2.99. The highest BCUT2D eigenvalue weighted by Crippen LogP contribution is 2.27. The van der Waals surface area contributed by atoms with E-state index >= 15 is 0 Å². The second kappa shape index (κ2) is 6.78. The molecule has 2 N–H and O–H groups in total. The Hall–Kier alpha value is -1.04. The lowest BCUT2D eigenvalue weighted by Gasteiger charge is -2.04. The van der Waals surface area contributed by atoms with Crippen molar-refractivity contribution < 1.29 is 4.79 Å². The van der Waals surface area contributed by atoms with Gasteiger partial charge in [-0.15, -0.1) is 5.10 Å². The Labute approximate surface area is 112 Å². The molecule has 1 amide bonds. The normalized spacial score (nSPS) is 16.1. The number of rotatable bonds is 6. The predicted octanol–water partition coefficient (Wildman–Crippen LogP) is 1.77. The third-order valence-corrected chi connectivity index (χ3v) is 4.02. The van der Waals surface area contributed by atoms with Crippen LogP contribution in [0.15, 0.2) is 5.16 Å². The Kier molecular flexibility index (Phi) is 5.04. The van der Waals surface area contributed by atoms with Crippen molar-refractivity contribution in [3.8, 4) is 0 Å². The van der Waals surface area contributed by atoms with Gasteiger partial charge in [-0.25, -0.2) is 4.98 Å². The Bertz CT molecular complexity index is 387.